The molecule has 1 amide bonds. The number of amides is 1. The maximum Gasteiger partial charge on any atom is 0.311 e. The number of anilines is 1. The predicted molar refractivity (Wildman–Crippen MR) is 76.5 cm³/mol. The molecule has 1 unspecified atom stereocenters. The van der Waals surface area contributed by atoms with Crippen LogP contribution in [-0.2, 0) is 14.3 Å². The quantitative estimate of drug-likeness (QED) is 0.869. The van der Waals surface area contributed by atoms with E-state index in [4.69, 9.17) is 4.74 Å². The maximum atomic E-state index is 12.0. The Balaban J connectivity index is 1.81. The molecule has 1 aromatic heterocycles. The van der Waals surface area contributed by atoms with Crippen molar-refractivity contribution >= 4 is 17.8 Å². The number of esters is 1. The van der Waals surface area contributed by atoms with Gasteiger partial charge in [-0.3, -0.25) is 14.5 Å². The van der Waals surface area contributed by atoms with Gasteiger partial charge >= 0.3 is 5.97 Å². The number of benzene rings is 1. The molecule has 0 saturated carbocycles. The van der Waals surface area contributed by atoms with Gasteiger partial charge in [0.1, 0.15) is 0 Å². The van der Waals surface area contributed by atoms with Gasteiger partial charge in [-0.25, -0.2) is 4.98 Å². The molecule has 0 aliphatic carbocycles. The summed E-state index contributed by atoms with van der Waals surface area (Å²) in [7, 11) is 1.33. The number of aromatic nitrogens is 2. The number of methoxy groups -OCH3 is 1. The van der Waals surface area contributed by atoms with Crippen molar-refractivity contribution in [1.29, 1.82) is 0 Å². The van der Waals surface area contributed by atoms with Crippen molar-refractivity contribution in [2.45, 2.75) is 6.42 Å². The van der Waals surface area contributed by atoms with Crippen molar-refractivity contribution in [1.82, 2.24) is 9.97 Å². The molecule has 0 spiro atoms. The fourth-order valence-electron chi connectivity index (χ4n) is 2.45. The summed E-state index contributed by atoms with van der Waals surface area (Å²) in [6.45, 7) is 0.299. The highest BCUT2D eigenvalue weighted by atomic mass is 16.5. The van der Waals surface area contributed by atoms with Crippen LogP contribution in [0.25, 0.3) is 11.3 Å². The van der Waals surface area contributed by atoms with Crippen LogP contribution in [0.4, 0.5) is 5.95 Å². The number of nitrogens with one attached hydrogen (secondary N) is 1. The Morgan fingerprint density at radius 3 is 2.86 bits per heavy atom. The van der Waals surface area contributed by atoms with Crippen LogP contribution in [0.2, 0.25) is 0 Å². The molecule has 2 heterocycles. The van der Waals surface area contributed by atoms with Gasteiger partial charge in [0.15, 0.2) is 0 Å². The van der Waals surface area contributed by atoms with Crippen molar-refractivity contribution in [2.24, 2.45) is 5.92 Å². The van der Waals surface area contributed by atoms with Gasteiger partial charge in [0, 0.05) is 13.0 Å². The standard InChI is InChI=1S/C15H15N3O3/c1-21-14(20)11-7-13(19)18(9-11)15-16-8-12(17-15)10-5-3-2-4-6-10/h2-6,8,11H,7,9H2,1H3,(H,16,17). The zero-order chi connectivity index (χ0) is 14.8. The molecule has 108 valence electrons. The lowest BCUT2D eigenvalue weighted by Gasteiger charge is -2.12. The number of hydrogen-bond donors (Lipinski definition) is 1. The fourth-order valence-corrected chi connectivity index (χ4v) is 2.45. The molecule has 0 bridgehead atoms. The number of aromatic amines is 1. The molecule has 1 saturated heterocycles. The van der Waals surface area contributed by atoms with Crippen LogP contribution in [0.3, 0.4) is 0 Å². The zero-order valence-corrected chi connectivity index (χ0v) is 11.6. The summed E-state index contributed by atoms with van der Waals surface area (Å²) in [5, 5.41) is 0. The van der Waals surface area contributed by atoms with E-state index < -0.39 is 5.92 Å². The molecule has 6 nitrogen and oxygen atoms in total. The average Bonchev–Trinajstić information content (AvgIpc) is 3.14. The Hall–Kier alpha value is -2.63. The van der Waals surface area contributed by atoms with E-state index in [1.54, 1.807) is 6.20 Å². The van der Waals surface area contributed by atoms with Crippen LogP contribution in [-0.4, -0.2) is 35.5 Å². The molecule has 2 aromatic rings. The smallest absolute Gasteiger partial charge is 0.311 e. The average molecular weight is 285 g/mol. The highest BCUT2D eigenvalue weighted by Crippen LogP contribution is 2.26. The second kappa shape index (κ2) is 5.40. The molecule has 1 aliphatic heterocycles. The van der Waals surface area contributed by atoms with Gasteiger partial charge in [0.2, 0.25) is 11.9 Å². The van der Waals surface area contributed by atoms with E-state index in [1.807, 2.05) is 30.3 Å². The Kier molecular flexibility index (Phi) is 3.43. The second-order valence-electron chi connectivity index (χ2n) is 4.92. The van der Waals surface area contributed by atoms with Gasteiger partial charge in [0.05, 0.1) is 24.9 Å². The summed E-state index contributed by atoms with van der Waals surface area (Å²) in [5.74, 6) is -0.446. The second-order valence-corrected chi connectivity index (χ2v) is 4.92. The SMILES string of the molecule is COC(=O)C1CC(=O)N(c2ncc(-c3ccccc3)[nH]2)C1. The normalized spacial score (nSPS) is 18.0. The van der Waals surface area contributed by atoms with E-state index in [0.29, 0.717) is 12.5 Å². The highest BCUT2D eigenvalue weighted by Gasteiger charge is 2.37. The molecule has 3 rings (SSSR count). The fraction of sp³-hybridized carbons (Fsp3) is 0.267. The van der Waals surface area contributed by atoms with Crippen LogP contribution in [0.5, 0.6) is 0 Å². The van der Waals surface area contributed by atoms with Crippen molar-refractivity contribution in [3.05, 3.63) is 36.5 Å². The molecule has 1 N–H and O–H groups in total. The van der Waals surface area contributed by atoms with Gasteiger partial charge in [-0.2, -0.15) is 0 Å². The molecular formula is C15H15N3O3. The first kappa shape index (κ1) is 13.4. The van der Waals surface area contributed by atoms with Crippen molar-refractivity contribution < 1.29 is 14.3 Å². The largest absolute Gasteiger partial charge is 0.469 e. The minimum atomic E-state index is -0.423. The molecule has 1 aliphatic rings. The van der Waals surface area contributed by atoms with Gasteiger partial charge in [-0.1, -0.05) is 30.3 Å². The van der Waals surface area contributed by atoms with E-state index in [9.17, 15) is 9.59 Å². The van der Waals surface area contributed by atoms with Crippen LogP contribution in [0, 0.1) is 5.92 Å². The number of carbonyl (C=O) groups is 2. The molecule has 1 aromatic carbocycles. The van der Waals surface area contributed by atoms with E-state index >= 15 is 0 Å². The number of rotatable bonds is 3. The predicted octanol–water partition coefficient (Wildman–Crippen LogP) is 1.60. The Morgan fingerprint density at radius 2 is 2.14 bits per heavy atom. The molecule has 6 heteroatoms. The van der Waals surface area contributed by atoms with Crippen LogP contribution in [0.1, 0.15) is 6.42 Å². The lowest BCUT2D eigenvalue weighted by molar-refractivity contribution is -0.145. The number of carbonyl (C=O) groups excluding carboxylic acids is 2. The minimum Gasteiger partial charge on any atom is -0.469 e. The maximum absolute atomic E-state index is 12.0. The van der Waals surface area contributed by atoms with Crippen LogP contribution >= 0.6 is 0 Å². The van der Waals surface area contributed by atoms with E-state index in [2.05, 4.69) is 9.97 Å². The summed E-state index contributed by atoms with van der Waals surface area (Å²) >= 11 is 0. The summed E-state index contributed by atoms with van der Waals surface area (Å²) in [6.07, 6.45) is 1.84. The number of ether oxygens (including phenoxy) is 1. The lowest BCUT2D eigenvalue weighted by atomic mass is 10.1. The Labute approximate surface area is 121 Å². The third-order valence-electron chi connectivity index (χ3n) is 3.56. The molecule has 1 fully saturated rings. The number of nitrogens with zero attached hydrogens (tertiary/aromatic N) is 2. The Bertz CT molecular complexity index is 666. The minimum absolute atomic E-state index is 0.126. The van der Waals surface area contributed by atoms with Crippen molar-refractivity contribution in [3.63, 3.8) is 0 Å². The molecule has 21 heavy (non-hydrogen) atoms. The first-order valence-electron chi connectivity index (χ1n) is 6.67. The van der Waals surface area contributed by atoms with Gasteiger partial charge in [-0.05, 0) is 5.56 Å². The number of hydrogen-bond acceptors (Lipinski definition) is 4. The lowest BCUT2D eigenvalue weighted by Crippen LogP contribution is -2.27. The monoisotopic (exact) mass is 285 g/mol. The van der Waals surface area contributed by atoms with Gasteiger partial charge in [-0.15, -0.1) is 0 Å². The zero-order valence-electron chi connectivity index (χ0n) is 11.6. The first-order valence-corrected chi connectivity index (χ1v) is 6.67. The van der Waals surface area contributed by atoms with E-state index in [1.165, 1.54) is 12.0 Å². The summed E-state index contributed by atoms with van der Waals surface area (Å²) in [5.41, 5.74) is 1.83. The topological polar surface area (TPSA) is 75.3 Å². The van der Waals surface area contributed by atoms with Crippen molar-refractivity contribution in [3.8, 4) is 11.3 Å². The van der Waals surface area contributed by atoms with Gasteiger partial charge < -0.3 is 9.72 Å². The van der Waals surface area contributed by atoms with E-state index in [-0.39, 0.29) is 18.3 Å². The molecular weight excluding hydrogens is 270 g/mol. The van der Waals surface area contributed by atoms with E-state index in [0.717, 1.165) is 11.3 Å². The van der Waals surface area contributed by atoms with Crippen LogP contribution in [0.15, 0.2) is 36.5 Å². The summed E-state index contributed by atoms with van der Waals surface area (Å²) in [6, 6.07) is 9.72. The molecule has 0 radical (unpaired) electrons. The first-order chi connectivity index (χ1) is 10.2. The highest BCUT2D eigenvalue weighted by molar-refractivity contribution is 5.98. The number of H-pyrrole nitrogens is 1. The third kappa shape index (κ3) is 2.52. The van der Waals surface area contributed by atoms with Gasteiger partial charge in [0.25, 0.3) is 0 Å². The Morgan fingerprint density at radius 1 is 1.38 bits per heavy atom. The summed E-state index contributed by atoms with van der Waals surface area (Å²) in [4.78, 5) is 32.4. The van der Waals surface area contributed by atoms with Crippen molar-refractivity contribution in [2.75, 3.05) is 18.6 Å². The number of imidazole rings is 1. The molecule has 1 atom stereocenters. The third-order valence-corrected chi connectivity index (χ3v) is 3.56. The summed E-state index contributed by atoms with van der Waals surface area (Å²) < 4.78 is 4.69. The van der Waals surface area contributed by atoms with Crippen LogP contribution < -0.4 is 4.90 Å².